The Morgan fingerprint density at radius 3 is 2.45 bits per heavy atom. The first-order valence-corrected chi connectivity index (χ1v) is 9.99. The highest BCUT2D eigenvalue weighted by molar-refractivity contribution is 6.03. The van der Waals surface area contributed by atoms with E-state index in [0.29, 0.717) is 0 Å². The van der Waals surface area contributed by atoms with Gasteiger partial charge in [-0.1, -0.05) is 0 Å². The molecular formula is C21H25N7O5. The minimum Gasteiger partial charge on any atom is -0.491 e. The highest BCUT2D eigenvalue weighted by atomic mass is 16.5. The molecule has 0 aliphatic rings. The van der Waals surface area contributed by atoms with E-state index in [2.05, 4.69) is 20.3 Å². The third-order valence-electron chi connectivity index (χ3n) is 4.72. The van der Waals surface area contributed by atoms with Gasteiger partial charge in [0.1, 0.15) is 5.52 Å². The predicted molar refractivity (Wildman–Crippen MR) is 122 cm³/mol. The van der Waals surface area contributed by atoms with Gasteiger partial charge in [0.2, 0.25) is 11.9 Å². The number of fused-ring (bicyclic) bond motifs is 1. The summed E-state index contributed by atoms with van der Waals surface area (Å²) in [5.74, 6) is -0.391. The standard InChI is InChI=1S/C21H25N7O5/c1-11(2)28-19(31)13-6-7-14(33-10-15(29)27(3)4)17(32-5)16(13)25-21(28)26-18(30)12-8-23-20(22)24-9-12/h6-9,11H,10H2,1-5H3,(H2,22,23,24)(H,25,26,30). The predicted octanol–water partition coefficient (Wildman–Crippen LogP) is 1.08. The van der Waals surface area contributed by atoms with E-state index in [4.69, 9.17) is 15.2 Å². The zero-order valence-corrected chi connectivity index (χ0v) is 18.9. The van der Waals surface area contributed by atoms with E-state index in [1.165, 1.54) is 29.0 Å². The number of nitrogen functional groups attached to an aromatic ring is 1. The first-order valence-electron chi connectivity index (χ1n) is 9.99. The van der Waals surface area contributed by atoms with E-state index in [-0.39, 0.29) is 64.0 Å². The third-order valence-corrected chi connectivity index (χ3v) is 4.72. The summed E-state index contributed by atoms with van der Waals surface area (Å²) < 4.78 is 12.4. The smallest absolute Gasteiger partial charge is 0.263 e. The first kappa shape index (κ1) is 23.4. The lowest BCUT2D eigenvalue weighted by Gasteiger charge is -2.19. The number of amides is 2. The number of likely N-dealkylation sites (N-methyl/N-ethyl adjacent to an activating group) is 1. The van der Waals surface area contributed by atoms with Gasteiger partial charge in [-0.2, -0.15) is 0 Å². The number of nitrogens with one attached hydrogen (secondary N) is 1. The van der Waals surface area contributed by atoms with Crippen LogP contribution in [0.3, 0.4) is 0 Å². The van der Waals surface area contributed by atoms with Gasteiger partial charge in [-0.05, 0) is 26.0 Å². The van der Waals surface area contributed by atoms with Crippen LogP contribution < -0.4 is 26.1 Å². The van der Waals surface area contributed by atoms with Crippen molar-refractivity contribution in [2.75, 3.05) is 38.9 Å². The van der Waals surface area contributed by atoms with Gasteiger partial charge < -0.3 is 20.1 Å². The first-order chi connectivity index (χ1) is 15.6. The van der Waals surface area contributed by atoms with Gasteiger partial charge >= 0.3 is 0 Å². The van der Waals surface area contributed by atoms with Gasteiger partial charge in [0.15, 0.2) is 18.1 Å². The number of anilines is 2. The average Bonchev–Trinajstić information content (AvgIpc) is 2.77. The number of benzene rings is 1. The van der Waals surface area contributed by atoms with Crippen LogP contribution in [0, 0.1) is 0 Å². The van der Waals surface area contributed by atoms with Crippen molar-refractivity contribution in [3.05, 3.63) is 40.4 Å². The number of carbonyl (C=O) groups excluding carboxylic acids is 2. The van der Waals surface area contributed by atoms with E-state index < -0.39 is 5.91 Å². The van der Waals surface area contributed by atoms with Crippen molar-refractivity contribution in [1.82, 2.24) is 24.4 Å². The van der Waals surface area contributed by atoms with Gasteiger partial charge in [-0.25, -0.2) is 15.0 Å². The summed E-state index contributed by atoms with van der Waals surface area (Å²) in [4.78, 5) is 51.4. The van der Waals surface area contributed by atoms with Gasteiger partial charge in [0.05, 0.1) is 18.1 Å². The largest absolute Gasteiger partial charge is 0.491 e. The lowest BCUT2D eigenvalue weighted by atomic mass is 10.2. The number of hydrogen-bond acceptors (Lipinski definition) is 9. The highest BCUT2D eigenvalue weighted by Gasteiger charge is 2.21. The van der Waals surface area contributed by atoms with Crippen molar-refractivity contribution in [1.29, 1.82) is 0 Å². The lowest BCUT2D eigenvalue weighted by molar-refractivity contribution is -0.130. The second-order valence-corrected chi connectivity index (χ2v) is 7.56. The Balaban J connectivity index is 2.10. The molecule has 0 saturated heterocycles. The summed E-state index contributed by atoms with van der Waals surface area (Å²) in [6.07, 6.45) is 2.54. The summed E-state index contributed by atoms with van der Waals surface area (Å²) in [6.45, 7) is 3.36. The molecule has 2 aromatic heterocycles. The van der Waals surface area contributed by atoms with E-state index in [1.54, 1.807) is 40.1 Å². The molecule has 33 heavy (non-hydrogen) atoms. The van der Waals surface area contributed by atoms with Gasteiger partial charge in [0.25, 0.3) is 17.4 Å². The molecule has 1 aromatic carbocycles. The molecular weight excluding hydrogens is 430 g/mol. The summed E-state index contributed by atoms with van der Waals surface area (Å²) in [5, 5.41) is 2.90. The van der Waals surface area contributed by atoms with Gasteiger partial charge in [-0.3, -0.25) is 24.3 Å². The fourth-order valence-electron chi connectivity index (χ4n) is 3.00. The fraction of sp³-hybridized carbons (Fsp3) is 0.333. The summed E-state index contributed by atoms with van der Waals surface area (Å²) in [5.41, 5.74) is 5.41. The number of methoxy groups -OCH3 is 1. The van der Waals surface area contributed by atoms with Crippen LogP contribution in [0.1, 0.15) is 30.2 Å². The molecule has 3 N–H and O–H groups in total. The Morgan fingerprint density at radius 2 is 1.88 bits per heavy atom. The second kappa shape index (κ2) is 9.51. The zero-order valence-electron chi connectivity index (χ0n) is 18.9. The molecule has 2 heterocycles. The third kappa shape index (κ3) is 4.84. The number of nitrogens with zero attached hydrogens (tertiary/aromatic N) is 5. The number of nitrogens with two attached hydrogens (primary N) is 1. The van der Waals surface area contributed by atoms with Crippen LogP contribution in [0.15, 0.2) is 29.3 Å². The fourth-order valence-corrected chi connectivity index (χ4v) is 3.00. The van der Waals surface area contributed by atoms with Crippen LogP contribution in [-0.2, 0) is 4.79 Å². The molecule has 0 spiro atoms. The molecule has 12 nitrogen and oxygen atoms in total. The molecule has 12 heteroatoms. The Bertz CT molecular complexity index is 1250. The molecule has 0 aliphatic heterocycles. The van der Waals surface area contributed by atoms with Crippen molar-refractivity contribution in [3.63, 3.8) is 0 Å². The topological polar surface area (TPSA) is 155 Å². The minimum atomic E-state index is -0.571. The molecule has 0 saturated carbocycles. The van der Waals surface area contributed by atoms with E-state index >= 15 is 0 Å². The lowest BCUT2D eigenvalue weighted by Crippen LogP contribution is -2.29. The van der Waals surface area contributed by atoms with E-state index in [1.807, 2.05) is 0 Å². The average molecular weight is 455 g/mol. The van der Waals surface area contributed by atoms with Crippen LogP contribution in [0.2, 0.25) is 0 Å². The van der Waals surface area contributed by atoms with Crippen molar-refractivity contribution in [2.45, 2.75) is 19.9 Å². The molecule has 2 amide bonds. The van der Waals surface area contributed by atoms with Crippen LogP contribution in [0.25, 0.3) is 10.9 Å². The summed E-state index contributed by atoms with van der Waals surface area (Å²) in [7, 11) is 4.62. The van der Waals surface area contributed by atoms with Crippen LogP contribution in [0.5, 0.6) is 11.5 Å². The molecule has 0 radical (unpaired) electrons. The van der Waals surface area contributed by atoms with Crippen LogP contribution >= 0.6 is 0 Å². The number of rotatable bonds is 7. The summed E-state index contributed by atoms with van der Waals surface area (Å²) in [6, 6.07) is 2.77. The quantitative estimate of drug-likeness (QED) is 0.532. The molecule has 0 bridgehead atoms. The molecule has 0 fully saturated rings. The van der Waals surface area contributed by atoms with Gasteiger partial charge in [0, 0.05) is 32.5 Å². The maximum absolute atomic E-state index is 13.3. The zero-order chi connectivity index (χ0) is 24.3. The SMILES string of the molecule is COc1c(OCC(=O)N(C)C)ccc2c(=O)n(C(C)C)c(NC(=O)c3cnc(N)nc3)nc12. The van der Waals surface area contributed by atoms with E-state index in [0.717, 1.165) is 0 Å². The highest BCUT2D eigenvalue weighted by Crippen LogP contribution is 2.34. The second-order valence-electron chi connectivity index (χ2n) is 7.56. The number of carbonyl (C=O) groups is 2. The molecule has 0 aliphatic carbocycles. The molecule has 0 unspecified atom stereocenters. The molecule has 0 atom stereocenters. The van der Waals surface area contributed by atoms with E-state index in [9.17, 15) is 14.4 Å². The maximum atomic E-state index is 13.3. The monoisotopic (exact) mass is 455 g/mol. The Hall–Kier alpha value is -4.22. The number of ether oxygens (including phenoxy) is 2. The van der Waals surface area contributed by atoms with Gasteiger partial charge in [-0.15, -0.1) is 0 Å². The van der Waals surface area contributed by atoms with Crippen LogP contribution in [-0.4, -0.2) is 64.0 Å². The van der Waals surface area contributed by atoms with Crippen molar-refractivity contribution < 1.29 is 19.1 Å². The molecule has 3 rings (SSSR count). The Labute approximate surface area is 189 Å². The van der Waals surface area contributed by atoms with Crippen LogP contribution in [0.4, 0.5) is 11.9 Å². The van der Waals surface area contributed by atoms with Crippen molar-refractivity contribution in [2.24, 2.45) is 0 Å². The number of aromatic nitrogens is 4. The molecule has 174 valence electrons. The minimum absolute atomic E-state index is 0.00384. The Kier molecular flexibility index (Phi) is 6.75. The number of hydrogen-bond donors (Lipinski definition) is 2. The molecule has 3 aromatic rings. The maximum Gasteiger partial charge on any atom is 0.263 e. The summed E-state index contributed by atoms with van der Waals surface area (Å²) >= 11 is 0. The normalized spacial score (nSPS) is 10.8. The van der Waals surface area contributed by atoms with Crippen molar-refractivity contribution >= 4 is 34.6 Å². The van der Waals surface area contributed by atoms with Crippen molar-refractivity contribution in [3.8, 4) is 11.5 Å². The Morgan fingerprint density at radius 1 is 1.21 bits per heavy atom.